The predicted octanol–water partition coefficient (Wildman–Crippen LogP) is 2.14. The number of hydrogen-bond acceptors (Lipinski definition) is 1. The molecule has 0 heterocycles. The number of carbonyl (C=O) groups excluding carboxylic acids is 1. The molecular formula is C12H15NO. The second kappa shape index (κ2) is 5.22. The van der Waals surface area contributed by atoms with Gasteiger partial charge < -0.3 is 5.32 Å². The summed E-state index contributed by atoms with van der Waals surface area (Å²) in [5.74, 6) is -0.000524. The van der Waals surface area contributed by atoms with Crippen molar-refractivity contribution in [1.29, 1.82) is 0 Å². The first-order valence-corrected chi connectivity index (χ1v) is 4.67. The normalized spacial score (nSPS) is 10.4. The minimum absolute atomic E-state index is 0.000524. The van der Waals surface area contributed by atoms with E-state index in [0.29, 0.717) is 6.54 Å². The summed E-state index contributed by atoms with van der Waals surface area (Å²) in [6, 6.07) is 8.14. The van der Waals surface area contributed by atoms with Gasteiger partial charge in [0.25, 0.3) is 0 Å². The molecule has 1 aromatic rings. The molecule has 0 aliphatic heterocycles. The van der Waals surface area contributed by atoms with Crippen molar-refractivity contribution in [1.82, 2.24) is 5.32 Å². The summed E-state index contributed by atoms with van der Waals surface area (Å²) >= 11 is 0. The zero-order chi connectivity index (χ0) is 10.4. The van der Waals surface area contributed by atoms with Gasteiger partial charge in [-0.3, -0.25) is 4.79 Å². The lowest BCUT2D eigenvalue weighted by Crippen LogP contribution is -2.19. The maximum Gasteiger partial charge on any atom is 0.217 e. The summed E-state index contributed by atoms with van der Waals surface area (Å²) in [5.41, 5.74) is 2.43. The Kier molecular flexibility index (Phi) is 3.92. The van der Waals surface area contributed by atoms with Crippen molar-refractivity contribution in [3.8, 4) is 0 Å². The minimum atomic E-state index is -0.000524. The van der Waals surface area contributed by atoms with Crippen LogP contribution in [0.2, 0.25) is 0 Å². The van der Waals surface area contributed by atoms with E-state index in [1.165, 1.54) is 18.1 Å². The van der Waals surface area contributed by atoms with Gasteiger partial charge in [0.15, 0.2) is 0 Å². The first kappa shape index (κ1) is 10.5. The molecule has 0 unspecified atom stereocenters. The number of nitrogens with one attached hydrogen (secondary N) is 1. The fraction of sp³-hybridized carbons (Fsp3) is 0.250. The summed E-state index contributed by atoms with van der Waals surface area (Å²) in [6.45, 7) is 4.17. The molecular weight excluding hydrogens is 174 g/mol. The van der Waals surface area contributed by atoms with Crippen LogP contribution < -0.4 is 5.32 Å². The van der Waals surface area contributed by atoms with Crippen molar-refractivity contribution in [3.05, 3.63) is 41.5 Å². The Bertz CT molecular complexity index is 342. The molecule has 0 saturated heterocycles. The van der Waals surface area contributed by atoms with Crippen LogP contribution in [0.1, 0.15) is 18.1 Å². The third-order valence-electron chi connectivity index (χ3n) is 1.95. The van der Waals surface area contributed by atoms with E-state index in [4.69, 9.17) is 0 Å². The molecule has 0 radical (unpaired) electrons. The predicted molar refractivity (Wildman–Crippen MR) is 58.9 cm³/mol. The number of carbonyl (C=O) groups is 1. The molecule has 0 aliphatic carbocycles. The summed E-state index contributed by atoms with van der Waals surface area (Å²) in [5, 5.41) is 2.71. The zero-order valence-corrected chi connectivity index (χ0v) is 8.58. The molecule has 0 atom stereocenters. The van der Waals surface area contributed by atoms with Crippen molar-refractivity contribution in [2.24, 2.45) is 0 Å². The van der Waals surface area contributed by atoms with E-state index < -0.39 is 0 Å². The Morgan fingerprint density at radius 3 is 2.79 bits per heavy atom. The van der Waals surface area contributed by atoms with Crippen LogP contribution in [0.3, 0.4) is 0 Å². The Morgan fingerprint density at radius 1 is 1.43 bits per heavy atom. The van der Waals surface area contributed by atoms with Crippen LogP contribution in [0.15, 0.2) is 30.3 Å². The Labute approximate surface area is 84.6 Å². The number of amides is 1. The van der Waals surface area contributed by atoms with E-state index in [-0.39, 0.29) is 5.91 Å². The summed E-state index contributed by atoms with van der Waals surface area (Å²) in [7, 11) is 0. The molecule has 74 valence electrons. The lowest BCUT2D eigenvalue weighted by atomic mass is 10.1. The van der Waals surface area contributed by atoms with Gasteiger partial charge in [0.05, 0.1) is 0 Å². The van der Waals surface area contributed by atoms with Crippen molar-refractivity contribution in [2.45, 2.75) is 13.8 Å². The van der Waals surface area contributed by atoms with Gasteiger partial charge in [-0.1, -0.05) is 36.4 Å². The second-order valence-corrected chi connectivity index (χ2v) is 3.20. The highest BCUT2D eigenvalue weighted by atomic mass is 16.1. The molecule has 0 spiro atoms. The molecule has 0 aromatic heterocycles. The van der Waals surface area contributed by atoms with Gasteiger partial charge in [-0.2, -0.15) is 0 Å². The highest BCUT2D eigenvalue weighted by molar-refractivity contribution is 5.73. The standard InChI is InChI=1S/C12H15NO/c1-10-6-3-4-7-12(10)8-5-9-13-11(2)14/h3-8H,9H2,1-2H3,(H,13,14). The Balaban J connectivity index is 2.52. The van der Waals surface area contributed by atoms with Crippen molar-refractivity contribution >= 4 is 12.0 Å². The molecule has 1 aromatic carbocycles. The molecule has 2 nitrogen and oxygen atoms in total. The number of rotatable bonds is 3. The smallest absolute Gasteiger partial charge is 0.217 e. The van der Waals surface area contributed by atoms with Gasteiger partial charge in [0.2, 0.25) is 5.91 Å². The van der Waals surface area contributed by atoms with E-state index in [1.807, 2.05) is 24.3 Å². The fourth-order valence-corrected chi connectivity index (χ4v) is 1.16. The van der Waals surface area contributed by atoms with Crippen LogP contribution in [0.5, 0.6) is 0 Å². The maximum absolute atomic E-state index is 10.6. The van der Waals surface area contributed by atoms with Gasteiger partial charge >= 0.3 is 0 Å². The lowest BCUT2D eigenvalue weighted by Gasteiger charge is -1.99. The van der Waals surface area contributed by atoms with Crippen molar-refractivity contribution in [3.63, 3.8) is 0 Å². The monoisotopic (exact) mass is 189 g/mol. The van der Waals surface area contributed by atoms with Gasteiger partial charge in [-0.15, -0.1) is 0 Å². The molecule has 1 rings (SSSR count). The number of aryl methyl sites for hydroxylation is 1. The average Bonchev–Trinajstić information content (AvgIpc) is 2.15. The molecule has 0 fully saturated rings. The highest BCUT2D eigenvalue weighted by Gasteiger charge is 1.90. The van der Waals surface area contributed by atoms with E-state index in [9.17, 15) is 4.79 Å². The molecule has 1 amide bonds. The van der Waals surface area contributed by atoms with Crippen LogP contribution >= 0.6 is 0 Å². The van der Waals surface area contributed by atoms with E-state index >= 15 is 0 Å². The summed E-state index contributed by atoms with van der Waals surface area (Å²) in [4.78, 5) is 10.6. The average molecular weight is 189 g/mol. The number of benzene rings is 1. The largest absolute Gasteiger partial charge is 0.353 e. The van der Waals surface area contributed by atoms with E-state index in [1.54, 1.807) is 0 Å². The first-order chi connectivity index (χ1) is 6.70. The number of hydrogen-bond donors (Lipinski definition) is 1. The van der Waals surface area contributed by atoms with E-state index in [2.05, 4.69) is 24.4 Å². The molecule has 1 N–H and O–H groups in total. The van der Waals surface area contributed by atoms with Crippen LogP contribution in [0.4, 0.5) is 0 Å². The van der Waals surface area contributed by atoms with Gasteiger partial charge in [0.1, 0.15) is 0 Å². The van der Waals surface area contributed by atoms with Crippen molar-refractivity contribution < 1.29 is 4.79 Å². The van der Waals surface area contributed by atoms with Crippen LogP contribution in [0.25, 0.3) is 6.08 Å². The summed E-state index contributed by atoms with van der Waals surface area (Å²) in [6.07, 6.45) is 3.97. The van der Waals surface area contributed by atoms with Crippen molar-refractivity contribution in [2.75, 3.05) is 6.54 Å². The molecule has 0 bridgehead atoms. The first-order valence-electron chi connectivity index (χ1n) is 4.67. The van der Waals surface area contributed by atoms with Gasteiger partial charge in [-0.05, 0) is 18.1 Å². The third-order valence-corrected chi connectivity index (χ3v) is 1.95. The summed E-state index contributed by atoms with van der Waals surface area (Å²) < 4.78 is 0. The molecule has 0 aliphatic rings. The SMILES string of the molecule is CC(=O)NCC=Cc1ccccc1C. The Morgan fingerprint density at radius 2 is 2.14 bits per heavy atom. The zero-order valence-electron chi connectivity index (χ0n) is 8.58. The highest BCUT2D eigenvalue weighted by Crippen LogP contribution is 2.08. The van der Waals surface area contributed by atoms with Gasteiger partial charge in [0, 0.05) is 13.5 Å². The van der Waals surface area contributed by atoms with Crippen LogP contribution in [-0.2, 0) is 4.79 Å². The molecule has 2 heteroatoms. The minimum Gasteiger partial charge on any atom is -0.353 e. The second-order valence-electron chi connectivity index (χ2n) is 3.20. The fourth-order valence-electron chi connectivity index (χ4n) is 1.16. The third kappa shape index (κ3) is 3.44. The van der Waals surface area contributed by atoms with E-state index in [0.717, 1.165) is 0 Å². The van der Waals surface area contributed by atoms with Gasteiger partial charge in [-0.25, -0.2) is 0 Å². The van der Waals surface area contributed by atoms with Crippen LogP contribution in [-0.4, -0.2) is 12.5 Å². The Hall–Kier alpha value is -1.57. The van der Waals surface area contributed by atoms with Crippen LogP contribution in [0, 0.1) is 6.92 Å². The molecule has 0 saturated carbocycles. The lowest BCUT2D eigenvalue weighted by molar-refractivity contribution is -0.118. The topological polar surface area (TPSA) is 29.1 Å². The maximum atomic E-state index is 10.6. The quantitative estimate of drug-likeness (QED) is 0.775. The molecule has 14 heavy (non-hydrogen) atoms.